The molecule has 3 saturated heterocycles. The minimum Gasteiger partial charge on any atom is -0.371 e. The van der Waals surface area contributed by atoms with E-state index >= 15 is 0 Å². The van der Waals surface area contributed by atoms with Gasteiger partial charge in [-0.2, -0.15) is 0 Å². The maximum atomic E-state index is 6.46. The molecule has 3 heteroatoms. The van der Waals surface area contributed by atoms with Gasteiger partial charge in [0, 0.05) is 5.92 Å². The zero-order valence-corrected chi connectivity index (χ0v) is 34.8. The van der Waals surface area contributed by atoms with E-state index in [1.807, 2.05) is 0 Å². The molecule has 0 radical (unpaired) electrons. The second kappa shape index (κ2) is 15.3. The summed E-state index contributed by atoms with van der Waals surface area (Å²) in [5, 5.41) is 0. The van der Waals surface area contributed by atoms with Crippen LogP contribution in [-0.2, 0) is 14.2 Å². The van der Waals surface area contributed by atoms with Gasteiger partial charge < -0.3 is 14.2 Å². The summed E-state index contributed by atoms with van der Waals surface area (Å²) in [5.74, 6) is 9.83. The maximum Gasteiger partial charge on any atom is 0.0762 e. The average molecular weight is 671 g/mol. The van der Waals surface area contributed by atoms with Gasteiger partial charge >= 0.3 is 0 Å². The van der Waals surface area contributed by atoms with E-state index in [0.29, 0.717) is 42.0 Å². The van der Waals surface area contributed by atoms with Crippen molar-refractivity contribution in [2.24, 2.45) is 76.9 Å². The van der Waals surface area contributed by atoms with E-state index in [-0.39, 0.29) is 16.8 Å². The number of hydrogen-bond donors (Lipinski definition) is 0. The third kappa shape index (κ3) is 7.70. The first-order valence-corrected chi connectivity index (χ1v) is 20.9. The monoisotopic (exact) mass is 671 g/mol. The fourth-order valence-corrected chi connectivity index (χ4v) is 13.8. The minimum absolute atomic E-state index is 0.115. The van der Waals surface area contributed by atoms with Crippen molar-refractivity contribution in [3.63, 3.8) is 0 Å². The summed E-state index contributed by atoms with van der Waals surface area (Å²) in [6.45, 7) is 41.7. The summed E-state index contributed by atoms with van der Waals surface area (Å²) in [7, 11) is 0. The van der Waals surface area contributed by atoms with E-state index in [1.165, 1.54) is 50.5 Å². The van der Waals surface area contributed by atoms with Crippen LogP contribution in [0.3, 0.4) is 0 Å². The molecule has 0 aromatic heterocycles. The average Bonchev–Trinajstić information content (AvgIpc) is 3.59. The smallest absolute Gasteiger partial charge is 0.0762 e. The van der Waals surface area contributed by atoms with E-state index in [0.717, 1.165) is 59.7 Å². The van der Waals surface area contributed by atoms with Crippen molar-refractivity contribution < 1.29 is 14.2 Å². The molecule has 3 aliphatic carbocycles. The van der Waals surface area contributed by atoms with Gasteiger partial charge in [0.2, 0.25) is 0 Å². The first-order valence-electron chi connectivity index (χ1n) is 20.9. The molecule has 0 aromatic carbocycles. The summed E-state index contributed by atoms with van der Waals surface area (Å²) in [5.41, 5.74) is 2.00. The second-order valence-corrected chi connectivity index (χ2v) is 20.4. The third-order valence-corrected chi connectivity index (χ3v) is 13.9. The van der Waals surface area contributed by atoms with Crippen LogP contribution in [0.5, 0.6) is 0 Å². The van der Waals surface area contributed by atoms with Gasteiger partial charge in [-0.05, 0) is 137 Å². The quantitative estimate of drug-likeness (QED) is 0.229. The molecule has 6 fully saturated rings. The van der Waals surface area contributed by atoms with Gasteiger partial charge in [-0.3, -0.25) is 0 Å². The van der Waals surface area contributed by atoms with Gasteiger partial charge in [0.05, 0.1) is 35.1 Å². The molecule has 0 spiro atoms. The van der Waals surface area contributed by atoms with Crippen LogP contribution in [-0.4, -0.2) is 35.1 Å². The Bertz CT molecular complexity index is 1020. The molecule has 0 aromatic rings. The number of rotatable bonds is 9. The van der Waals surface area contributed by atoms with Gasteiger partial charge in [-0.1, -0.05) is 109 Å². The Labute approximate surface area is 299 Å². The molecule has 6 bridgehead atoms. The molecule has 0 N–H and O–H groups in total. The Hall–Kier alpha value is -0.380. The van der Waals surface area contributed by atoms with E-state index in [1.54, 1.807) is 0 Å². The minimum atomic E-state index is 0.115. The summed E-state index contributed by atoms with van der Waals surface area (Å²) in [4.78, 5) is 0. The van der Waals surface area contributed by atoms with Crippen molar-refractivity contribution in [1.82, 2.24) is 0 Å². The predicted octanol–water partition coefficient (Wildman–Crippen LogP) is 12.4. The van der Waals surface area contributed by atoms with Crippen LogP contribution in [0, 0.1) is 76.9 Å². The number of hydrogen-bond acceptors (Lipinski definition) is 3. The predicted molar refractivity (Wildman–Crippen MR) is 205 cm³/mol. The van der Waals surface area contributed by atoms with Crippen molar-refractivity contribution in [2.75, 3.05) is 0 Å². The third-order valence-electron chi connectivity index (χ3n) is 13.9. The first kappa shape index (κ1) is 40.4. The highest BCUT2D eigenvalue weighted by Crippen LogP contribution is 2.61. The molecule has 280 valence electrons. The molecule has 3 nitrogen and oxygen atoms in total. The van der Waals surface area contributed by atoms with Gasteiger partial charge in [-0.15, -0.1) is 0 Å². The van der Waals surface area contributed by atoms with Crippen LogP contribution >= 0.6 is 0 Å². The lowest BCUT2D eigenvalue weighted by Crippen LogP contribution is -2.43. The Morgan fingerprint density at radius 2 is 1.08 bits per heavy atom. The Kier molecular flexibility index (Phi) is 12.9. The Morgan fingerprint density at radius 3 is 1.56 bits per heavy atom. The summed E-state index contributed by atoms with van der Waals surface area (Å²) in [6.07, 6.45) is 11.5. The van der Waals surface area contributed by atoms with E-state index in [9.17, 15) is 0 Å². The van der Waals surface area contributed by atoms with Crippen LogP contribution < -0.4 is 0 Å². The van der Waals surface area contributed by atoms with Crippen molar-refractivity contribution in [3.05, 3.63) is 12.2 Å². The van der Waals surface area contributed by atoms with Gasteiger partial charge in [0.25, 0.3) is 0 Å². The Morgan fingerprint density at radius 1 is 0.604 bits per heavy atom. The number of ether oxygens (including phenoxy) is 3. The lowest BCUT2D eigenvalue weighted by molar-refractivity contribution is -0.0967. The van der Waals surface area contributed by atoms with Crippen molar-refractivity contribution in [2.45, 2.75) is 197 Å². The van der Waals surface area contributed by atoms with E-state index < -0.39 is 0 Å². The van der Waals surface area contributed by atoms with E-state index in [2.05, 4.69) is 117 Å². The van der Waals surface area contributed by atoms with Crippen molar-refractivity contribution in [1.29, 1.82) is 0 Å². The highest BCUT2D eigenvalue weighted by atomic mass is 16.5. The molecule has 13 unspecified atom stereocenters. The summed E-state index contributed by atoms with van der Waals surface area (Å²) in [6, 6.07) is 0. The standard InChI is InChI=1S/C15H28O.C15H26O.C15H28O/c2*1-9(2)7-15-8-11(5)13(12(6)16-15)14(15)10(3)4;1-10(2)9-15-8-6-7-13(12(5)16-15)14(15)11(3)4/h9-14H,7-8H2,1-6H3;9-10,12-14H,5,7-8H2,1-4,6H3;10-14H,6-9H2,1-5H3. The molecule has 48 heavy (non-hydrogen) atoms. The normalized spacial score (nSPS) is 44.4. The fraction of sp³-hybridized carbons (Fsp3) is 0.956. The molecular weight excluding hydrogens is 588 g/mol. The molecule has 6 rings (SSSR count). The SMILES string of the molecule is C=C1CC2(CC(C)C)OC(C)C1C2C(C)C.CC(C)CC12CC(C)C(C(C)O1)C2C(C)C.CC(C)CC12CCCC(C(C)O1)C2C(C)C. The molecular formula is C45H82O3. The summed E-state index contributed by atoms with van der Waals surface area (Å²) < 4.78 is 19.2. The van der Waals surface area contributed by atoms with Crippen molar-refractivity contribution >= 4 is 0 Å². The molecule has 3 saturated carbocycles. The highest BCUT2D eigenvalue weighted by Gasteiger charge is 2.62. The molecule has 3 aliphatic heterocycles. The largest absolute Gasteiger partial charge is 0.371 e. The van der Waals surface area contributed by atoms with Crippen LogP contribution in [0.25, 0.3) is 0 Å². The zero-order chi connectivity index (χ0) is 36.1. The zero-order valence-electron chi connectivity index (χ0n) is 34.8. The van der Waals surface area contributed by atoms with Crippen LogP contribution in [0.2, 0.25) is 0 Å². The number of fused-ring (bicyclic) bond motifs is 6. The van der Waals surface area contributed by atoms with Gasteiger partial charge in [0.15, 0.2) is 0 Å². The van der Waals surface area contributed by atoms with Crippen LogP contribution in [0.1, 0.15) is 162 Å². The molecule has 0 amide bonds. The highest BCUT2D eigenvalue weighted by molar-refractivity contribution is 5.25. The lowest BCUT2D eigenvalue weighted by atomic mass is 9.63. The lowest BCUT2D eigenvalue weighted by Gasteiger charge is -2.43. The topological polar surface area (TPSA) is 27.7 Å². The fourth-order valence-electron chi connectivity index (χ4n) is 13.8. The first-order chi connectivity index (χ1) is 22.2. The second-order valence-electron chi connectivity index (χ2n) is 20.4. The maximum absolute atomic E-state index is 6.46. The Balaban J connectivity index is 0.000000163. The molecule has 13 atom stereocenters. The van der Waals surface area contributed by atoms with Gasteiger partial charge in [-0.25, -0.2) is 0 Å². The molecule has 6 aliphatic rings. The van der Waals surface area contributed by atoms with Crippen LogP contribution in [0.4, 0.5) is 0 Å². The van der Waals surface area contributed by atoms with Gasteiger partial charge in [0.1, 0.15) is 0 Å². The molecule has 3 heterocycles. The van der Waals surface area contributed by atoms with Crippen LogP contribution in [0.15, 0.2) is 12.2 Å². The van der Waals surface area contributed by atoms with Crippen molar-refractivity contribution in [3.8, 4) is 0 Å². The summed E-state index contributed by atoms with van der Waals surface area (Å²) >= 11 is 0. The van der Waals surface area contributed by atoms with E-state index in [4.69, 9.17) is 14.2 Å².